The molecule has 114 valence electrons. The fourth-order valence-corrected chi connectivity index (χ4v) is 1.05. The second-order valence-electron chi connectivity index (χ2n) is 4.92. The van der Waals surface area contributed by atoms with E-state index in [1.165, 1.54) is 0 Å². The van der Waals surface area contributed by atoms with E-state index >= 15 is 0 Å². The molecule has 0 aliphatic heterocycles. The molecular weight excluding hydrogens is 254 g/mol. The van der Waals surface area contributed by atoms with Gasteiger partial charge in [-0.1, -0.05) is 0 Å². The molecule has 0 aromatic rings. The van der Waals surface area contributed by atoms with E-state index in [0.29, 0.717) is 26.4 Å². The molecule has 19 heavy (non-hydrogen) atoms. The molecule has 7 heteroatoms. The Labute approximate surface area is 113 Å². The van der Waals surface area contributed by atoms with Gasteiger partial charge in [0.05, 0.1) is 26.4 Å². The Kier molecular flexibility index (Phi) is 9.50. The Bertz CT molecular complexity index is 239. The summed E-state index contributed by atoms with van der Waals surface area (Å²) in [6, 6.07) is 0. The zero-order valence-corrected chi connectivity index (χ0v) is 11.8. The molecule has 0 heterocycles. The lowest BCUT2D eigenvalue weighted by Crippen LogP contribution is -2.34. The third-order valence-corrected chi connectivity index (χ3v) is 1.81. The first-order chi connectivity index (χ1) is 8.81. The number of amides is 1. The van der Waals surface area contributed by atoms with Gasteiger partial charge >= 0.3 is 6.09 Å². The van der Waals surface area contributed by atoms with Gasteiger partial charge in [-0.25, -0.2) is 4.79 Å². The van der Waals surface area contributed by atoms with Gasteiger partial charge in [0.25, 0.3) is 0 Å². The van der Waals surface area contributed by atoms with Crippen LogP contribution in [0.25, 0.3) is 0 Å². The van der Waals surface area contributed by atoms with Crippen LogP contribution in [0.3, 0.4) is 0 Å². The molecule has 3 N–H and O–H groups in total. The van der Waals surface area contributed by atoms with Gasteiger partial charge in [-0.15, -0.1) is 0 Å². The molecular formula is C12H25NO6. The molecule has 0 unspecified atom stereocenters. The maximum Gasteiger partial charge on any atom is 0.407 e. The maximum atomic E-state index is 11.2. The highest BCUT2D eigenvalue weighted by molar-refractivity contribution is 5.67. The van der Waals surface area contributed by atoms with Gasteiger partial charge < -0.3 is 29.7 Å². The van der Waals surface area contributed by atoms with Gasteiger partial charge in [0.1, 0.15) is 5.60 Å². The number of aliphatic hydroxyl groups is 2. The minimum Gasteiger partial charge on any atom is -0.444 e. The summed E-state index contributed by atoms with van der Waals surface area (Å²) in [7, 11) is 0. The van der Waals surface area contributed by atoms with E-state index in [1.54, 1.807) is 20.8 Å². The molecule has 1 amide bonds. The average Bonchev–Trinajstić information content (AvgIpc) is 2.24. The number of aliphatic hydroxyl groups excluding tert-OH is 1. The van der Waals surface area contributed by atoms with Crippen molar-refractivity contribution in [2.45, 2.75) is 39.1 Å². The van der Waals surface area contributed by atoms with Crippen LogP contribution in [0.2, 0.25) is 0 Å². The van der Waals surface area contributed by atoms with E-state index in [1.807, 2.05) is 0 Å². The molecule has 0 atom stereocenters. The highest BCUT2D eigenvalue weighted by atomic mass is 16.6. The molecule has 0 radical (unpaired) electrons. The normalized spacial score (nSPS) is 11.7. The fraction of sp³-hybridized carbons (Fsp3) is 0.917. The van der Waals surface area contributed by atoms with Crippen molar-refractivity contribution < 1.29 is 29.2 Å². The van der Waals surface area contributed by atoms with Crippen molar-refractivity contribution in [1.82, 2.24) is 5.32 Å². The van der Waals surface area contributed by atoms with Crippen molar-refractivity contribution in [2.24, 2.45) is 0 Å². The zero-order chi connectivity index (χ0) is 14.7. The van der Waals surface area contributed by atoms with Crippen molar-refractivity contribution in [2.75, 3.05) is 33.0 Å². The first kappa shape index (κ1) is 18.1. The monoisotopic (exact) mass is 279 g/mol. The predicted octanol–water partition coefficient (Wildman–Crippen LogP) is 0.245. The van der Waals surface area contributed by atoms with Crippen LogP contribution < -0.4 is 5.32 Å². The molecule has 0 aromatic carbocycles. The average molecular weight is 279 g/mol. The topological polar surface area (TPSA) is 97.3 Å². The molecule has 0 aliphatic rings. The van der Waals surface area contributed by atoms with Gasteiger partial charge in [-0.3, -0.25) is 0 Å². The molecule has 0 fully saturated rings. The molecule has 0 aliphatic carbocycles. The largest absolute Gasteiger partial charge is 0.444 e. The molecule has 0 rings (SSSR count). The lowest BCUT2D eigenvalue weighted by atomic mass is 10.2. The van der Waals surface area contributed by atoms with Crippen LogP contribution in [-0.4, -0.2) is 61.2 Å². The number of alkyl carbamates (subject to hydrolysis) is 1. The Balaban J connectivity index is 3.25. The second-order valence-corrected chi connectivity index (χ2v) is 4.92. The van der Waals surface area contributed by atoms with Crippen molar-refractivity contribution in [3.05, 3.63) is 0 Å². The number of ether oxygens (including phenoxy) is 3. The van der Waals surface area contributed by atoms with Crippen LogP contribution in [0.1, 0.15) is 27.2 Å². The van der Waals surface area contributed by atoms with E-state index in [4.69, 9.17) is 24.4 Å². The molecule has 7 nitrogen and oxygen atoms in total. The summed E-state index contributed by atoms with van der Waals surface area (Å²) in [4.78, 5) is 11.2. The highest BCUT2D eigenvalue weighted by Gasteiger charge is 2.15. The second kappa shape index (κ2) is 9.96. The van der Waals surface area contributed by atoms with Gasteiger partial charge in [0, 0.05) is 13.0 Å². The summed E-state index contributed by atoms with van der Waals surface area (Å²) in [5, 5.41) is 19.7. The third kappa shape index (κ3) is 15.1. The summed E-state index contributed by atoms with van der Waals surface area (Å²) < 4.78 is 15.3. The molecule has 0 spiro atoms. The van der Waals surface area contributed by atoms with Gasteiger partial charge in [0.2, 0.25) is 0 Å². The van der Waals surface area contributed by atoms with E-state index in [2.05, 4.69) is 5.32 Å². The summed E-state index contributed by atoms with van der Waals surface area (Å²) >= 11 is 0. The van der Waals surface area contributed by atoms with Crippen molar-refractivity contribution in [3.63, 3.8) is 0 Å². The Morgan fingerprint density at radius 2 is 1.68 bits per heavy atom. The van der Waals surface area contributed by atoms with Crippen molar-refractivity contribution in [3.8, 4) is 0 Å². The van der Waals surface area contributed by atoms with Crippen molar-refractivity contribution in [1.29, 1.82) is 0 Å². The summed E-state index contributed by atoms with van der Waals surface area (Å²) in [5.41, 5.74) is -0.504. The molecule has 0 saturated heterocycles. The lowest BCUT2D eigenvalue weighted by molar-refractivity contribution is -0.0642. The number of carbonyl (C=O) groups excluding carboxylic acids is 1. The van der Waals surface area contributed by atoms with E-state index in [0.717, 1.165) is 0 Å². The van der Waals surface area contributed by atoms with Crippen LogP contribution in [0.5, 0.6) is 0 Å². The standard InChI is InChI=1S/C12H25NO6/c1-12(2,3)19-11(16)13-5-7-18-9-8-17-6-4-10(14)15/h10,14-15H,4-9H2,1-3H3,(H,13,16). The predicted molar refractivity (Wildman–Crippen MR) is 68.7 cm³/mol. The van der Waals surface area contributed by atoms with Gasteiger partial charge in [0.15, 0.2) is 6.29 Å². The fourth-order valence-electron chi connectivity index (χ4n) is 1.05. The van der Waals surface area contributed by atoms with Crippen LogP contribution in [-0.2, 0) is 14.2 Å². The van der Waals surface area contributed by atoms with Gasteiger partial charge in [-0.2, -0.15) is 0 Å². The van der Waals surface area contributed by atoms with E-state index in [-0.39, 0.29) is 13.0 Å². The first-order valence-electron chi connectivity index (χ1n) is 6.30. The number of hydrogen-bond acceptors (Lipinski definition) is 6. The van der Waals surface area contributed by atoms with Crippen LogP contribution >= 0.6 is 0 Å². The van der Waals surface area contributed by atoms with Crippen LogP contribution in [0.15, 0.2) is 0 Å². The first-order valence-corrected chi connectivity index (χ1v) is 6.30. The molecule has 0 saturated carbocycles. The van der Waals surface area contributed by atoms with Crippen LogP contribution in [0.4, 0.5) is 4.79 Å². The number of carbonyl (C=O) groups is 1. The minimum atomic E-state index is -1.33. The Hall–Kier alpha value is -0.890. The lowest BCUT2D eigenvalue weighted by Gasteiger charge is -2.19. The van der Waals surface area contributed by atoms with E-state index < -0.39 is 18.0 Å². The summed E-state index contributed by atoms with van der Waals surface area (Å²) in [6.45, 7) is 7.15. The molecule has 0 bridgehead atoms. The third-order valence-electron chi connectivity index (χ3n) is 1.81. The number of nitrogens with one attached hydrogen (secondary N) is 1. The van der Waals surface area contributed by atoms with Gasteiger partial charge in [-0.05, 0) is 20.8 Å². The maximum absolute atomic E-state index is 11.2. The highest BCUT2D eigenvalue weighted by Crippen LogP contribution is 2.05. The zero-order valence-electron chi connectivity index (χ0n) is 11.8. The number of hydrogen-bond donors (Lipinski definition) is 3. The summed E-state index contributed by atoms with van der Waals surface area (Å²) in [6.07, 6.45) is -1.62. The van der Waals surface area contributed by atoms with E-state index in [9.17, 15) is 4.79 Å². The minimum absolute atomic E-state index is 0.181. The quantitative estimate of drug-likeness (QED) is 0.413. The SMILES string of the molecule is CC(C)(C)OC(=O)NCCOCCOCCC(O)O. The summed E-state index contributed by atoms with van der Waals surface area (Å²) in [5.74, 6) is 0. The van der Waals surface area contributed by atoms with Crippen LogP contribution in [0, 0.1) is 0 Å². The Morgan fingerprint density at radius 3 is 2.21 bits per heavy atom. The Morgan fingerprint density at radius 1 is 1.11 bits per heavy atom. The molecule has 0 aromatic heterocycles. The number of rotatable bonds is 9. The van der Waals surface area contributed by atoms with Crippen molar-refractivity contribution >= 4 is 6.09 Å². The smallest absolute Gasteiger partial charge is 0.407 e.